The smallest absolute Gasteiger partial charge is 0.0680 e. The van der Waals surface area contributed by atoms with Gasteiger partial charge in [-0.05, 0) is 35.3 Å². The summed E-state index contributed by atoms with van der Waals surface area (Å²) in [5.74, 6) is 0. The van der Waals surface area contributed by atoms with Crippen molar-refractivity contribution in [3.05, 3.63) is 76.9 Å². The number of hydrogen-bond acceptors (Lipinski definition) is 1. The monoisotopic (exact) mass is 233 g/mol. The molecular formula is C17H15N. The average Bonchev–Trinajstić information content (AvgIpc) is 2.58. The zero-order valence-electron chi connectivity index (χ0n) is 10.4. The minimum atomic E-state index is 0.758. The van der Waals surface area contributed by atoms with E-state index < -0.39 is 0 Å². The van der Waals surface area contributed by atoms with Crippen LogP contribution < -0.4 is 0 Å². The van der Waals surface area contributed by atoms with E-state index in [1.807, 2.05) is 6.07 Å². The van der Waals surface area contributed by atoms with Gasteiger partial charge in [0, 0.05) is 0 Å². The van der Waals surface area contributed by atoms with E-state index in [4.69, 9.17) is 4.99 Å². The number of hydrogen-bond donors (Lipinski definition) is 0. The molecular weight excluding hydrogens is 218 g/mol. The van der Waals surface area contributed by atoms with Gasteiger partial charge in [-0.1, -0.05) is 54.6 Å². The molecule has 1 aliphatic rings. The lowest BCUT2D eigenvalue weighted by Gasteiger charge is -2.05. The Kier molecular flexibility index (Phi) is 2.81. The Bertz CT molecular complexity index is 621. The van der Waals surface area contributed by atoms with Crippen LogP contribution in [0.4, 0.5) is 0 Å². The molecule has 0 bridgehead atoms. The maximum absolute atomic E-state index is 4.76. The molecule has 0 N–H and O–H groups in total. The van der Waals surface area contributed by atoms with Crippen LogP contribution in [0.15, 0.2) is 65.2 Å². The molecule has 0 aromatic heterocycles. The zero-order chi connectivity index (χ0) is 12.4. The topological polar surface area (TPSA) is 12.4 Å². The minimum absolute atomic E-state index is 0.758. The second-order valence-corrected chi connectivity index (χ2v) is 4.56. The lowest BCUT2D eigenvalue weighted by Crippen LogP contribution is -2.01. The lowest BCUT2D eigenvalue weighted by molar-refractivity contribution is 1.07. The van der Waals surface area contributed by atoms with Crippen molar-refractivity contribution in [1.29, 1.82) is 0 Å². The number of fused-ring (bicyclic) bond motifs is 1. The molecule has 2 aromatic carbocycles. The Balaban J connectivity index is 2.08. The summed E-state index contributed by atoms with van der Waals surface area (Å²) in [6, 6.07) is 18.8. The van der Waals surface area contributed by atoms with E-state index >= 15 is 0 Å². The molecule has 0 aliphatic carbocycles. The van der Waals surface area contributed by atoms with Gasteiger partial charge in [-0.25, -0.2) is 0 Å². The van der Waals surface area contributed by atoms with Gasteiger partial charge in [0.1, 0.15) is 0 Å². The third kappa shape index (κ3) is 2.00. The fraction of sp³-hybridized carbons (Fsp3) is 0.118. The van der Waals surface area contributed by atoms with Crippen molar-refractivity contribution in [1.82, 2.24) is 0 Å². The van der Waals surface area contributed by atoms with E-state index in [9.17, 15) is 0 Å². The van der Waals surface area contributed by atoms with Crippen LogP contribution in [0.2, 0.25) is 0 Å². The van der Waals surface area contributed by atoms with Gasteiger partial charge in [0.2, 0.25) is 0 Å². The molecule has 88 valence electrons. The second-order valence-electron chi connectivity index (χ2n) is 4.56. The number of aliphatic imine (C=N–C) groups is 1. The highest BCUT2D eigenvalue weighted by Gasteiger charge is 2.10. The molecule has 2 aromatic rings. The molecule has 18 heavy (non-hydrogen) atoms. The van der Waals surface area contributed by atoms with Crippen LogP contribution in [0.3, 0.4) is 0 Å². The van der Waals surface area contributed by atoms with Crippen LogP contribution in [-0.4, -0.2) is 5.71 Å². The molecule has 1 aliphatic heterocycles. The highest BCUT2D eigenvalue weighted by molar-refractivity contribution is 6.15. The summed E-state index contributed by atoms with van der Waals surface area (Å²) in [5, 5.41) is 0. The standard InChI is InChI=1S/C17H15N/c1-13-11-15-9-5-6-10-16(15)12-18-17(13)14-7-3-2-4-8-14/h2-11H,12H2,1H3. The normalized spacial score (nSPS) is 14.3. The first-order valence-electron chi connectivity index (χ1n) is 6.21. The molecule has 3 rings (SSSR count). The summed E-state index contributed by atoms with van der Waals surface area (Å²) in [4.78, 5) is 4.76. The van der Waals surface area contributed by atoms with Gasteiger partial charge in [-0.15, -0.1) is 0 Å². The highest BCUT2D eigenvalue weighted by Crippen LogP contribution is 2.21. The van der Waals surface area contributed by atoms with Gasteiger partial charge in [0.25, 0.3) is 0 Å². The third-order valence-electron chi connectivity index (χ3n) is 3.26. The van der Waals surface area contributed by atoms with Crippen molar-refractivity contribution >= 4 is 11.8 Å². The van der Waals surface area contributed by atoms with Crippen LogP contribution >= 0.6 is 0 Å². The van der Waals surface area contributed by atoms with E-state index in [0.717, 1.165) is 12.3 Å². The van der Waals surface area contributed by atoms with Gasteiger partial charge in [-0.2, -0.15) is 0 Å². The van der Waals surface area contributed by atoms with Crippen molar-refractivity contribution < 1.29 is 0 Å². The minimum Gasteiger partial charge on any atom is -0.280 e. The Labute approximate surface area is 108 Å². The first-order chi connectivity index (χ1) is 8.84. The van der Waals surface area contributed by atoms with E-state index in [0.29, 0.717) is 0 Å². The molecule has 0 saturated carbocycles. The predicted molar refractivity (Wildman–Crippen MR) is 76.8 cm³/mol. The molecule has 0 amide bonds. The molecule has 0 unspecified atom stereocenters. The molecule has 0 saturated heterocycles. The molecule has 0 spiro atoms. The second kappa shape index (κ2) is 4.61. The predicted octanol–water partition coefficient (Wildman–Crippen LogP) is 4.09. The van der Waals surface area contributed by atoms with Gasteiger partial charge in [-0.3, -0.25) is 4.99 Å². The van der Waals surface area contributed by atoms with E-state index in [-0.39, 0.29) is 0 Å². The number of allylic oxidation sites excluding steroid dienone is 1. The fourth-order valence-electron chi connectivity index (χ4n) is 2.32. The van der Waals surface area contributed by atoms with Crippen LogP contribution in [-0.2, 0) is 6.54 Å². The van der Waals surface area contributed by atoms with Crippen molar-refractivity contribution in [2.75, 3.05) is 0 Å². The maximum Gasteiger partial charge on any atom is 0.0680 e. The van der Waals surface area contributed by atoms with Crippen molar-refractivity contribution in [3.63, 3.8) is 0 Å². The summed E-state index contributed by atoms with van der Waals surface area (Å²) in [7, 11) is 0. The quantitative estimate of drug-likeness (QED) is 0.703. The summed E-state index contributed by atoms with van der Waals surface area (Å²) in [6.45, 7) is 2.89. The van der Waals surface area contributed by atoms with Crippen LogP contribution in [0, 0.1) is 0 Å². The van der Waals surface area contributed by atoms with Gasteiger partial charge >= 0.3 is 0 Å². The maximum atomic E-state index is 4.76. The molecule has 0 atom stereocenters. The molecule has 1 heterocycles. The molecule has 1 heteroatoms. The average molecular weight is 233 g/mol. The zero-order valence-corrected chi connectivity index (χ0v) is 10.4. The molecule has 0 radical (unpaired) electrons. The Hall–Kier alpha value is -2.15. The third-order valence-corrected chi connectivity index (χ3v) is 3.26. The van der Waals surface area contributed by atoms with Crippen LogP contribution in [0.25, 0.3) is 6.08 Å². The summed E-state index contributed by atoms with van der Waals surface area (Å²) >= 11 is 0. The first kappa shape index (κ1) is 11.0. The van der Waals surface area contributed by atoms with Gasteiger partial charge in [0.15, 0.2) is 0 Å². The summed E-state index contributed by atoms with van der Waals surface area (Å²) < 4.78 is 0. The number of rotatable bonds is 1. The van der Waals surface area contributed by atoms with Gasteiger partial charge in [0.05, 0.1) is 12.3 Å². The Morgan fingerprint density at radius 3 is 2.44 bits per heavy atom. The number of nitrogens with zero attached hydrogens (tertiary/aromatic N) is 1. The summed E-state index contributed by atoms with van der Waals surface area (Å²) in [6.07, 6.45) is 2.23. The lowest BCUT2D eigenvalue weighted by atomic mass is 10.0. The Morgan fingerprint density at radius 2 is 1.61 bits per heavy atom. The van der Waals surface area contributed by atoms with Gasteiger partial charge < -0.3 is 0 Å². The van der Waals surface area contributed by atoms with Crippen LogP contribution in [0.5, 0.6) is 0 Å². The number of benzene rings is 2. The van der Waals surface area contributed by atoms with Crippen molar-refractivity contribution in [2.24, 2.45) is 4.99 Å². The van der Waals surface area contributed by atoms with E-state index in [1.165, 1.54) is 22.3 Å². The fourth-order valence-corrected chi connectivity index (χ4v) is 2.32. The van der Waals surface area contributed by atoms with Crippen LogP contribution in [0.1, 0.15) is 23.6 Å². The highest BCUT2D eigenvalue weighted by atomic mass is 14.7. The van der Waals surface area contributed by atoms with Crippen molar-refractivity contribution in [3.8, 4) is 0 Å². The molecule has 0 fully saturated rings. The first-order valence-corrected chi connectivity index (χ1v) is 6.21. The molecule has 1 nitrogen and oxygen atoms in total. The van der Waals surface area contributed by atoms with Crippen molar-refractivity contribution in [2.45, 2.75) is 13.5 Å². The van der Waals surface area contributed by atoms with E-state index in [2.05, 4.69) is 61.5 Å². The SMILES string of the molecule is CC1=Cc2ccccc2CN=C1c1ccccc1. The van der Waals surface area contributed by atoms with E-state index in [1.54, 1.807) is 0 Å². The Morgan fingerprint density at radius 1 is 0.889 bits per heavy atom. The largest absolute Gasteiger partial charge is 0.280 e. The summed E-state index contributed by atoms with van der Waals surface area (Å²) in [5.41, 5.74) is 6.10.